The third kappa shape index (κ3) is 5.55. The SMILES string of the molecule is CN1C(=O)[C@@](CCC2CCCCC2)(CC2CCCN(C(=O)CC(C)(C)C)C2)N=C1N. The number of hydrogen-bond acceptors (Lipinski definition) is 4. The van der Waals surface area contributed by atoms with Crippen molar-refractivity contribution in [3.05, 3.63) is 0 Å². The van der Waals surface area contributed by atoms with Crippen LogP contribution in [0.3, 0.4) is 0 Å². The number of guanidine groups is 1. The van der Waals surface area contributed by atoms with Gasteiger partial charge in [-0.3, -0.25) is 14.5 Å². The fourth-order valence-electron chi connectivity index (χ4n) is 5.58. The van der Waals surface area contributed by atoms with Crippen LogP contribution in [0.15, 0.2) is 4.99 Å². The monoisotopic (exact) mass is 418 g/mol. The van der Waals surface area contributed by atoms with Gasteiger partial charge in [0.05, 0.1) is 0 Å². The maximum Gasteiger partial charge on any atom is 0.257 e. The summed E-state index contributed by atoms with van der Waals surface area (Å²) in [6.07, 6.45) is 11.7. The van der Waals surface area contributed by atoms with E-state index < -0.39 is 5.54 Å². The fourth-order valence-corrected chi connectivity index (χ4v) is 5.58. The number of amides is 2. The van der Waals surface area contributed by atoms with Crippen molar-refractivity contribution < 1.29 is 9.59 Å². The lowest BCUT2D eigenvalue weighted by molar-refractivity contribution is -0.135. The summed E-state index contributed by atoms with van der Waals surface area (Å²) < 4.78 is 0. The zero-order chi connectivity index (χ0) is 21.9. The molecule has 1 saturated carbocycles. The Morgan fingerprint density at radius 3 is 2.40 bits per heavy atom. The Bertz CT molecular complexity index is 663. The molecule has 0 aromatic rings. The highest BCUT2D eigenvalue weighted by Crippen LogP contribution is 2.39. The molecule has 1 unspecified atom stereocenters. The third-order valence-corrected chi connectivity index (χ3v) is 7.25. The molecule has 0 radical (unpaired) electrons. The first-order valence-electron chi connectivity index (χ1n) is 12.0. The lowest BCUT2D eigenvalue weighted by Gasteiger charge is -2.38. The third-order valence-electron chi connectivity index (χ3n) is 7.25. The molecule has 2 heterocycles. The van der Waals surface area contributed by atoms with Crippen LogP contribution in [0.25, 0.3) is 0 Å². The predicted octanol–water partition coefficient (Wildman–Crippen LogP) is 3.94. The highest BCUT2D eigenvalue weighted by atomic mass is 16.2. The van der Waals surface area contributed by atoms with E-state index in [1.54, 1.807) is 7.05 Å². The lowest BCUT2D eigenvalue weighted by Crippen LogP contribution is -2.47. The Labute approximate surface area is 182 Å². The minimum atomic E-state index is -0.725. The van der Waals surface area contributed by atoms with E-state index in [0.29, 0.717) is 30.6 Å². The lowest BCUT2D eigenvalue weighted by atomic mass is 9.77. The summed E-state index contributed by atoms with van der Waals surface area (Å²) in [7, 11) is 1.74. The second kappa shape index (κ2) is 9.27. The van der Waals surface area contributed by atoms with Crippen molar-refractivity contribution in [2.45, 2.75) is 96.9 Å². The molecular weight excluding hydrogens is 376 g/mol. The Kier molecular flexibility index (Phi) is 7.13. The first-order chi connectivity index (χ1) is 14.1. The van der Waals surface area contributed by atoms with E-state index in [1.165, 1.54) is 37.0 Å². The summed E-state index contributed by atoms with van der Waals surface area (Å²) in [5.41, 5.74) is 5.36. The Morgan fingerprint density at radius 2 is 1.80 bits per heavy atom. The molecule has 6 nitrogen and oxygen atoms in total. The van der Waals surface area contributed by atoms with E-state index in [9.17, 15) is 9.59 Å². The van der Waals surface area contributed by atoms with E-state index >= 15 is 0 Å². The smallest absolute Gasteiger partial charge is 0.257 e. The number of rotatable bonds is 6. The molecule has 3 rings (SSSR count). The maximum absolute atomic E-state index is 13.2. The zero-order valence-corrected chi connectivity index (χ0v) is 19.6. The summed E-state index contributed by atoms with van der Waals surface area (Å²) in [5, 5.41) is 0. The van der Waals surface area contributed by atoms with E-state index in [1.807, 2.05) is 4.90 Å². The van der Waals surface area contributed by atoms with Gasteiger partial charge < -0.3 is 10.6 Å². The van der Waals surface area contributed by atoms with Crippen LogP contribution in [0, 0.1) is 17.3 Å². The van der Waals surface area contributed by atoms with Crippen molar-refractivity contribution in [2.24, 2.45) is 28.0 Å². The molecule has 2 amide bonds. The van der Waals surface area contributed by atoms with Gasteiger partial charge in [0.25, 0.3) is 5.91 Å². The van der Waals surface area contributed by atoms with Crippen molar-refractivity contribution >= 4 is 17.8 Å². The number of aliphatic imine (C=N–C) groups is 1. The minimum absolute atomic E-state index is 0.00583. The van der Waals surface area contributed by atoms with Gasteiger partial charge in [0, 0.05) is 26.6 Å². The number of piperidine rings is 1. The summed E-state index contributed by atoms with van der Waals surface area (Å²) >= 11 is 0. The molecule has 170 valence electrons. The number of likely N-dealkylation sites (N-methyl/N-ethyl adjacent to an activating group) is 1. The number of carbonyl (C=O) groups excluding carboxylic acids is 2. The second-order valence-electron chi connectivity index (χ2n) is 11.2. The number of carbonyl (C=O) groups is 2. The number of likely N-dealkylation sites (tertiary alicyclic amines) is 1. The van der Waals surface area contributed by atoms with Crippen molar-refractivity contribution in [1.29, 1.82) is 0 Å². The van der Waals surface area contributed by atoms with Gasteiger partial charge in [-0.1, -0.05) is 52.9 Å². The molecule has 0 bridgehead atoms. The number of nitrogens with zero attached hydrogens (tertiary/aromatic N) is 3. The number of nitrogens with two attached hydrogens (primary N) is 1. The summed E-state index contributed by atoms with van der Waals surface area (Å²) in [6.45, 7) is 7.90. The van der Waals surface area contributed by atoms with Crippen molar-refractivity contribution in [2.75, 3.05) is 20.1 Å². The van der Waals surface area contributed by atoms with E-state index in [0.717, 1.165) is 38.8 Å². The predicted molar refractivity (Wildman–Crippen MR) is 121 cm³/mol. The van der Waals surface area contributed by atoms with E-state index in [4.69, 9.17) is 10.7 Å². The second-order valence-corrected chi connectivity index (χ2v) is 11.2. The van der Waals surface area contributed by atoms with Gasteiger partial charge >= 0.3 is 0 Å². The van der Waals surface area contributed by atoms with Gasteiger partial charge in [0.1, 0.15) is 5.54 Å². The molecule has 2 atom stereocenters. The van der Waals surface area contributed by atoms with Gasteiger partial charge in [0.2, 0.25) is 5.91 Å². The molecule has 2 N–H and O–H groups in total. The largest absolute Gasteiger partial charge is 0.369 e. The van der Waals surface area contributed by atoms with Gasteiger partial charge in [-0.15, -0.1) is 0 Å². The van der Waals surface area contributed by atoms with Gasteiger partial charge in [-0.25, -0.2) is 4.99 Å². The molecule has 2 fully saturated rings. The first kappa shape index (κ1) is 23.1. The summed E-state index contributed by atoms with van der Waals surface area (Å²) in [6, 6.07) is 0. The van der Waals surface area contributed by atoms with Crippen molar-refractivity contribution in [3.8, 4) is 0 Å². The van der Waals surface area contributed by atoms with Crippen LogP contribution < -0.4 is 5.73 Å². The zero-order valence-electron chi connectivity index (χ0n) is 19.6. The highest BCUT2D eigenvalue weighted by molar-refractivity contribution is 6.06. The highest BCUT2D eigenvalue weighted by Gasteiger charge is 2.48. The quantitative estimate of drug-likeness (QED) is 0.709. The van der Waals surface area contributed by atoms with Crippen LogP contribution >= 0.6 is 0 Å². The summed E-state index contributed by atoms with van der Waals surface area (Å²) in [5.74, 6) is 1.65. The van der Waals surface area contributed by atoms with Crippen molar-refractivity contribution in [3.63, 3.8) is 0 Å². The van der Waals surface area contributed by atoms with Gasteiger partial charge in [0.15, 0.2) is 5.96 Å². The van der Waals surface area contributed by atoms with Crippen LogP contribution in [0.1, 0.15) is 91.4 Å². The molecule has 1 aliphatic carbocycles. The molecule has 0 aromatic heterocycles. The first-order valence-corrected chi connectivity index (χ1v) is 12.0. The normalized spacial score (nSPS) is 28.7. The average molecular weight is 419 g/mol. The topological polar surface area (TPSA) is 79.0 Å². The van der Waals surface area contributed by atoms with E-state index in [-0.39, 0.29) is 17.2 Å². The van der Waals surface area contributed by atoms with Crippen molar-refractivity contribution in [1.82, 2.24) is 9.80 Å². The standard InChI is InChI=1S/C24H42N4O2/c1-23(2,3)16-20(29)28-14-8-11-19(17-28)15-24(21(30)27(4)22(25)26-24)13-12-18-9-6-5-7-10-18/h18-19H,5-17H2,1-4H3,(H2,25,26)/t19?,24-/m1/s1. The average Bonchev–Trinajstić information content (AvgIpc) is 2.90. The molecule has 30 heavy (non-hydrogen) atoms. The van der Waals surface area contributed by atoms with Crippen LogP contribution in [0.4, 0.5) is 0 Å². The van der Waals surface area contributed by atoms with Crippen LogP contribution in [0.5, 0.6) is 0 Å². The minimum Gasteiger partial charge on any atom is -0.369 e. The van der Waals surface area contributed by atoms with Crippen LogP contribution in [-0.4, -0.2) is 53.2 Å². The van der Waals surface area contributed by atoms with E-state index in [2.05, 4.69) is 20.8 Å². The van der Waals surface area contributed by atoms with Gasteiger partial charge in [-0.2, -0.15) is 0 Å². The van der Waals surface area contributed by atoms with Gasteiger partial charge in [-0.05, 0) is 49.4 Å². The summed E-state index contributed by atoms with van der Waals surface area (Å²) in [4.78, 5) is 34.3. The number of hydrogen-bond donors (Lipinski definition) is 1. The van der Waals surface area contributed by atoms with Crippen LogP contribution in [-0.2, 0) is 9.59 Å². The molecular formula is C24H42N4O2. The maximum atomic E-state index is 13.2. The Morgan fingerprint density at radius 1 is 1.13 bits per heavy atom. The fraction of sp³-hybridized carbons (Fsp3) is 0.875. The molecule has 0 spiro atoms. The molecule has 1 saturated heterocycles. The Balaban J connectivity index is 1.68. The molecule has 2 aliphatic heterocycles. The molecule has 6 heteroatoms. The van der Waals surface area contributed by atoms with Crippen LogP contribution in [0.2, 0.25) is 0 Å². The molecule has 0 aromatic carbocycles. The molecule has 3 aliphatic rings. The Hall–Kier alpha value is -1.59.